The van der Waals surface area contributed by atoms with Gasteiger partial charge in [0.2, 0.25) is 5.91 Å². The van der Waals surface area contributed by atoms with Crippen molar-refractivity contribution in [3.8, 4) is 0 Å². The molecule has 1 fully saturated rings. The molecule has 18 heavy (non-hydrogen) atoms. The Morgan fingerprint density at radius 1 is 1.39 bits per heavy atom. The molecule has 5 nitrogen and oxygen atoms in total. The predicted molar refractivity (Wildman–Crippen MR) is 69.8 cm³/mol. The van der Waals surface area contributed by atoms with E-state index in [1.54, 1.807) is 12.4 Å². The normalized spacial score (nSPS) is 17.4. The summed E-state index contributed by atoms with van der Waals surface area (Å²) in [5, 5.41) is 3.12. The summed E-state index contributed by atoms with van der Waals surface area (Å²) in [5.41, 5.74) is 5.56. The summed E-state index contributed by atoms with van der Waals surface area (Å²) in [7, 11) is 0. The van der Waals surface area contributed by atoms with Crippen molar-refractivity contribution in [2.24, 2.45) is 5.73 Å². The average molecular weight is 250 g/mol. The molecule has 0 atom stereocenters. The van der Waals surface area contributed by atoms with E-state index in [0.29, 0.717) is 19.1 Å². The van der Waals surface area contributed by atoms with Crippen LogP contribution in [0.4, 0.5) is 0 Å². The number of carbonyl (C=O) groups excluding carboxylic acids is 1. The Morgan fingerprint density at radius 3 is 2.78 bits per heavy atom. The molecule has 1 saturated carbocycles. The Balaban J connectivity index is 1.84. The van der Waals surface area contributed by atoms with Gasteiger partial charge in [0.1, 0.15) is 12.4 Å². The molecular formula is C13H22N4O. The molecule has 0 bridgehead atoms. The maximum atomic E-state index is 12.0. The number of hydrogen-bond donors (Lipinski definition) is 2. The molecule has 0 radical (unpaired) electrons. The van der Waals surface area contributed by atoms with Crippen LogP contribution in [0.2, 0.25) is 0 Å². The van der Waals surface area contributed by atoms with E-state index < -0.39 is 0 Å². The Morgan fingerprint density at radius 2 is 2.11 bits per heavy atom. The highest BCUT2D eigenvalue weighted by Crippen LogP contribution is 2.17. The third-order valence-electron chi connectivity index (χ3n) is 3.52. The van der Waals surface area contributed by atoms with E-state index in [9.17, 15) is 4.79 Å². The zero-order chi connectivity index (χ0) is 12.8. The highest BCUT2D eigenvalue weighted by atomic mass is 16.2. The largest absolute Gasteiger partial charge is 0.352 e. The summed E-state index contributed by atoms with van der Waals surface area (Å²) in [4.78, 5) is 16.1. The molecule has 0 aromatic carbocycles. The molecule has 0 saturated heterocycles. The van der Waals surface area contributed by atoms with Crippen LogP contribution in [-0.2, 0) is 17.9 Å². The Hall–Kier alpha value is -1.36. The fourth-order valence-corrected chi connectivity index (χ4v) is 2.53. The van der Waals surface area contributed by atoms with Crippen LogP contribution in [0.3, 0.4) is 0 Å². The third kappa shape index (κ3) is 3.57. The van der Waals surface area contributed by atoms with Crippen LogP contribution in [0.15, 0.2) is 12.4 Å². The van der Waals surface area contributed by atoms with Crippen molar-refractivity contribution in [1.82, 2.24) is 14.9 Å². The first-order chi connectivity index (χ1) is 8.79. The van der Waals surface area contributed by atoms with Gasteiger partial charge >= 0.3 is 0 Å². The lowest BCUT2D eigenvalue weighted by Crippen LogP contribution is -2.36. The molecule has 100 valence electrons. The summed E-state index contributed by atoms with van der Waals surface area (Å²) in [6.07, 6.45) is 10.7. The topological polar surface area (TPSA) is 72.9 Å². The van der Waals surface area contributed by atoms with E-state index >= 15 is 0 Å². The number of nitrogens with zero attached hydrogens (tertiary/aromatic N) is 2. The smallest absolute Gasteiger partial charge is 0.240 e. The zero-order valence-electron chi connectivity index (χ0n) is 10.8. The van der Waals surface area contributed by atoms with Gasteiger partial charge in [0.25, 0.3) is 0 Å². The van der Waals surface area contributed by atoms with Crippen LogP contribution in [-0.4, -0.2) is 21.5 Å². The summed E-state index contributed by atoms with van der Waals surface area (Å²) < 4.78 is 1.81. The number of nitrogens with one attached hydrogen (secondary N) is 1. The highest BCUT2D eigenvalue weighted by molar-refractivity contribution is 5.76. The highest BCUT2D eigenvalue weighted by Gasteiger charge is 2.15. The van der Waals surface area contributed by atoms with Crippen LogP contribution < -0.4 is 11.1 Å². The maximum Gasteiger partial charge on any atom is 0.240 e. The second-order valence-corrected chi connectivity index (χ2v) is 4.93. The van der Waals surface area contributed by atoms with Crippen molar-refractivity contribution >= 4 is 5.91 Å². The average Bonchev–Trinajstić information content (AvgIpc) is 2.64. The SMILES string of the molecule is NCc1nccn1CC(=O)NC1CCCCCC1. The van der Waals surface area contributed by atoms with E-state index in [1.807, 2.05) is 4.57 Å². The lowest BCUT2D eigenvalue weighted by Gasteiger charge is -2.16. The fraction of sp³-hybridized carbons (Fsp3) is 0.692. The quantitative estimate of drug-likeness (QED) is 0.788. The van der Waals surface area contributed by atoms with Crippen molar-refractivity contribution in [2.75, 3.05) is 0 Å². The van der Waals surface area contributed by atoms with Crippen molar-refractivity contribution < 1.29 is 4.79 Å². The molecule has 0 spiro atoms. The first kappa shape index (κ1) is 13.1. The maximum absolute atomic E-state index is 12.0. The summed E-state index contributed by atoms with van der Waals surface area (Å²) >= 11 is 0. The fourth-order valence-electron chi connectivity index (χ4n) is 2.53. The van der Waals surface area contributed by atoms with E-state index in [2.05, 4.69) is 10.3 Å². The standard InChI is InChI=1S/C13H22N4O/c14-9-12-15-7-8-17(12)10-13(18)16-11-5-3-1-2-4-6-11/h7-8,11H,1-6,9-10,14H2,(H,16,18). The molecule has 1 amide bonds. The lowest BCUT2D eigenvalue weighted by atomic mass is 10.1. The van der Waals surface area contributed by atoms with Gasteiger partial charge in [-0.1, -0.05) is 25.7 Å². The molecule has 3 N–H and O–H groups in total. The second-order valence-electron chi connectivity index (χ2n) is 4.93. The van der Waals surface area contributed by atoms with Crippen LogP contribution >= 0.6 is 0 Å². The Labute approximate surface area is 108 Å². The van der Waals surface area contributed by atoms with Gasteiger partial charge < -0.3 is 15.6 Å². The van der Waals surface area contributed by atoms with Crippen molar-refractivity contribution in [3.63, 3.8) is 0 Å². The number of imidazole rings is 1. The minimum Gasteiger partial charge on any atom is -0.352 e. The van der Waals surface area contributed by atoms with Gasteiger partial charge in [0.15, 0.2) is 0 Å². The van der Waals surface area contributed by atoms with E-state index in [-0.39, 0.29) is 5.91 Å². The van der Waals surface area contributed by atoms with Crippen molar-refractivity contribution in [2.45, 2.75) is 57.7 Å². The Bertz CT molecular complexity index is 380. The van der Waals surface area contributed by atoms with Gasteiger partial charge in [-0.15, -0.1) is 0 Å². The van der Waals surface area contributed by atoms with E-state index in [1.165, 1.54) is 25.7 Å². The number of amides is 1. The minimum absolute atomic E-state index is 0.0644. The molecule has 5 heteroatoms. The van der Waals surface area contributed by atoms with Gasteiger partial charge in [-0.3, -0.25) is 4.79 Å². The molecule has 1 aromatic heterocycles. The number of carbonyl (C=O) groups is 1. The monoisotopic (exact) mass is 250 g/mol. The minimum atomic E-state index is 0.0644. The first-order valence-corrected chi connectivity index (χ1v) is 6.79. The van der Waals surface area contributed by atoms with Crippen molar-refractivity contribution in [1.29, 1.82) is 0 Å². The number of aromatic nitrogens is 2. The molecule has 0 aliphatic heterocycles. The van der Waals surface area contributed by atoms with Crippen molar-refractivity contribution in [3.05, 3.63) is 18.2 Å². The van der Waals surface area contributed by atoms with E-state index in [4.69, 9.17) is 5.73 Å². The molecule has 1 aromatic rings. The number of nitrogens with two attached hydrogens (primary N) is 1. The van der Waals surface area contributed by atoms with Gasteiger partial charge in [-0.2, -0.15) is 0 Å². The van der Waals surface area contributed by atoms with Gasteiger partial charge in [-0.05, 0) is 12.8 Å². The molecule has 2 rings (SSSR count). The molecule has 1 aliphatic rings. The lowest BCUT2D eigenvalue weighted by molar-refractivity contribution is -0.122. The van der Waals surface area contributed by atoms with Crippen LogP contribution in [0.1, 0.15) is 44.3 Å². The summed E-state index contributed by atoms with van der Waals surface area (Å²) in [6.45, 7) is 0.687. The molecule has 1 aliphatic carbocycles. The van der Waals surface area contributed by atoms with Crippen LogP contribution in [0, 0.1) is 0 Å². The van der Waals surface area contributed by atoms with Crippen LogP contribution in [0.25, 0.3) is 0 Å². The van der Waals surface area contributed by atoms with Gasteiger partial charge in [-0.25, -0.2) is 4.98 Å². The zero-order valence-corrected chi connectivity index (χ0v) is 10.8. The number of hydrogen-bond acceptors (Lipinski definition) is 3. The predicted octanol–water partition coefficient (Wildman–Crippen LogP) is 1.18. The van der Waals surface area contributed by atoms with Gasteiger partial charge in [0.05, 0.1) is 6.54 Å². The summed E-state index contributed by atoms with van der Waals surface area (Å²) in [5.74, 6) is 0.820. The molecule has 1 heterocycles. The first-order valence-electron chi connectivity index (χ1n) is 6.79. The Kier molecular flexibility index (Phi) is 4.75. The summed E-state index contributed by atoms with van der Waals surface area (Å²) in [6, 6.07) is 0.352. The van der Waals surface area contributed by atoms with Gasteiger partial charge in [0, 0.05) is 18.4 Å². The number of rotatable bonds is 4. The second kappa shape index (κ2) is 6.54. The molecule has 0 unspecified atom stereocenters. The third-order valence-corrected chi connectivity index (χ3v) is 3.52. The molecular weight excluding hydrogens is 228 g/mol. The van der Waals surface area contributed by atoms with E-state index in [0.717, 1.165) is 18.7 Å². The van der Waals surface area contributed by atoms with Crippen LogP contribution in [0.5, 0.6) is 0 Å².